The Morgan fingerprint density at radius 3 is 2.44 bits per heavy atom. The van der Waals surface area contributed by atoms with Crippen LogP contribution in [0, 0.1) is 5.92 Å². The summed E-state index contributed by atoms with van der Waals surface area (Å²) in [4.78, 5) is 26.4. The van der Waals surface area contributed by atoms with E-state index < -0.39 is 9.84 Å². The molecule has 1 aliphatic heterocycles. The van der Waals surface area contributed by atoms with E-state index >= 15 is 0 Å². The number of aromatic nitrogens is 1. The van der Waals surface area contributed by atoms with E-state index in [9.17, 15) is 18.0 Å². The number of pyridine rings is 1. The molecule has 10 heteroatoms. The van der Waals surface area contributed by atoms with Gasteiger partial charge in [-0.3, -0.25) is 9.36 Å². The van der Waals surface area contributed by atoms with Gasteiger partial charge in [-0.1, -0.05) is 25.4 Å². The number of likely N-dealkylation sites (tertiary alicyclic amines) is 1. The maximum atomic E-state index is 12.6. The Hall–Kier alpha value is -2.52. The standard InChI is InChI=1S/C22H27ClN2O6S/c1-15(2)14-30-22(27)24-9-6-16(7-10-24)31-17-8-11-25(21(26)12-17)20-5-4-18(13-19(20)23)32(3,28)29/h4-5,8,11-13,15-16H,6-7,9-10,14H2,1-3H3. The van der Waals surface area contributed by atoms with Crippen molar-refractivity contribution in [3.8, 4) is 11.4 Å². The SMILES string of the molecule is CC(C)COC(=O)N1CCC(Oc2ccn(-c3ccc(S(C)(=O)=O)cc3Cl)c(=O)c2)CC1. The summed E-state index contributed by atoms with van der Waals surface area (Å²) >= 11 is 6.22. The quantitative estimate of drug-likeness (QED) is 0.625. The molecule has 1 saturated heterocycles. The number of rotatable bonds is 6. The number of carbonyl (C=O) groups excluding carboxylic acids is 1. The van der Waals surface area contributed by atoms with Crippen LogP contribution in [0.4, 0.5) is 4.79 Å². The fourth-order valence-corrected chi connectivity index (χ4v) is 4.31. The van der Waals surface area contributed by atoms with Crippen LogP contribution in [0.2, 0.25) is 5.02 Å². The van der Waals surface area contributed by atoms with Crippen molar-refractivity contribution >= 4 is 27.5 Å². The van der Waals surface area contributed by atoms with Gasteiger partial charge in [0.1, 0.15) is 11.9 Å². The number of amides is 1. The highest BCUT2D eigenvalue weighted by atomic mass is 35.5. The third kappa shape index (κ3) is 6.04. The van der Waals surface area contributed by atoms with Crippen molar-refractivity contribution in [2.45, 2.75) is 37.7 Å². The number of benzene rings is 1. The second-order valence-electron chi connectivity index (χ2n) is 8.23. The highest BCUT2D eigenvalue weighted by Gasteiger charge is 2.25. The van der Waals surface area contributed by atoms with Crippen molar-refractivity contribution in [1.82, 2.24) is 9.47 Å². The Morgan fingerprint density at radius 1 is 1.19 bits per heavy atom. The lowest BCUT2D eigenvalue weighted by Crippen LogP contribution is -2.42. The Labute approximate surface area is 192 Å². The minimum Gasteiger partial charge on any atom is -0.490 e. The zero-order valence-electron chi connectivity index (χ0n) is 18.3. The van der Waals surface area contributed by atoms with Gasteiger partial charge in [-0.15, -0.1) is 0 Å². The number of hydrogen-bond donors (Lipinski definition) is 0. The number of nitrogens with zero attached hydrogens (tertiary/aromatic N) is 2. The van der Waals surface area contributed by atoms with Crippen LogP contribution in [-0.4, -0.2) is 56.0 Å². The topological polar surface area (TPSA) is 94.9 Å². The molecule has 0 atom stereocenters. The molecule has 1 aromatic carbocycles. The van der Waals surface area contributed by atoms with Crippen LogP contribution in [-0.2, 0) is 14.6 Å². The van der Waals surface area contributed by atoms with Gasteiger partial charge < -0.3 is 14.4 Å². The van der Waals surface area contributed by atoms with Crippen LogP contribution >= 0.6 is 11.6 Å². The summed E-state index contributed by atoms with van der Waals surface area (Å²) in [5.41, 5.74) is 0.0232. The molecule has 0 spiro atoms. The summed E-state index contributed by atoms with van der Waals surface area (Å²) in [5, 5.41) is 0.153. The lowest BCUT2D eigenvalue weighted by atomic mass is 10.1. The van der Waals surface area contributed by atoms with Crippen LogP contribution in [0.15, 0.2) is 46.2 Å². The molecular formula is C22H27ClN2O6S. The first-order valence-electron chi connectivity index (χ1n) is 10.4. The fraction of sp³-hybridized carbons (Fsp3) is 0.455. The van der Waals surface area contributed by atoms with Gasteiger partial charge >= 0.3 is 6.09 Å². The van der Waals surface area contributed by atoms with Gasteiger partial charge in [0.05, 0.1) is 22.2 Å². The highest BCUT2D eigenvalue weighted by Crippen LogP contribution is 2.24. The molecule has 1 amide bonds. The van der Waals surface area contributed by atoms with E-state index in [1.165, 1.54) is 35.0 Å². The number of ether oxygens (including phenoxy) is 2. The molecule has 0 unspecified atom stereocenters. The summed E-state index contributed by atoms with van der Waals surface area (Å²) in [6.07, 6.45) is 3.49. The first-order valence-corrected chi connectivity index (χ1v) is 12.6. The van der Waals surface area contributed by atoms with E-state index in [4.69, 9.17) is 21.1 Å². The first kappa shape index (κ1) is 24.1. The lowest BCUT2D eigenvalue weighted by Gasteiger charge is -2.31. The average Bonchev–Trinajstić information content (AvgIpc) is 2.72. The van der Waals surface area contributed by atoms with Crippen LogP contribution in [0.1, 0.15) is 26.7 Å². The molecule has 0 saturated carbocycles. The van der Waals surface area contributed by atoms with Crippen molar-refractivity contribution in [2.75, 3.05) is 26.0 Å². The molecule has 1 aromatic heterocycles. The zero-order valence-corrected chi connectivity index (χ0v) is 19.9. The monoisotopic (exact) mass is 482 g/mol. The molecule has 1 aliphatic rings. The number of carbonyl (C=O) groups is 1. The maximum absolute atomic E-state index is 12.6. The molecule has 3 rings (SSSR count). The minimum absolute atomic E-state index is 0.0821. The van der Waals surface area contributed by atoms with E-state index in [-0.39, 0.29) is 33.6 Å². The molecular weight excluding hydrogens is 456 g/mol. The van der Waals surface area contributed by atoms with Gasteiger partial charge in [0.25, 0.3) is 5.56 Å². The van der Waals surface area contributed by atoms with Gasteiger partial charge in [0.15, 0.2) is 9.84 Å². The molecule has 174 valence electrons. The van der Waals surface area contributed by atoms with Crippen molar-refractivity contribution in [1.29, 1.82) is 0 Å². The predicted octanol–water partition coefficient (Wildman–Crippen LogP) is 3.53. The summed E-state index contributed by atoms with van der Waals surface area (Å²) in [5.74, 6) is 0.713. The third-order valence-electron chi connectivity index (χ3n) is 5.04. The fourth-order valence-electron chi connectivity index (χ4n) is 3.32. The molecule has 0 radical (unpaired) electrons. The summed E-state index contributed by atoms with van der Waals surface area (Å²) in [6.45, 7) is 5.42. The Bertz CT molecular complexity index is 1140. The van der Waals surface area contributed by atoms with Gasteiger partial charge in [-0.2, -0.15) is 0 Å². The summed E-state index contributed by atoms with van der Waals surface area (Å²) in [6, 6.07) is 7.25. The number of halogens is 1. The van der Waals surface area contributed by atoms with Crippen LogP contribution in [0.3, 0.4) is 0 Å². The van der Waals surface area contributed by atoms with E-state index in [0.717, 1.165) is 6.26 Å². The number of hydrogen-bond acceptors (Lipinski definition) is 6. The van der Waals surface area contributed by atoms with Gasteiger partial charge in [-0.05, 0) is 30.2 Å². The zero-order chi connectivity index (χ0) is 23.5. The molecule has 8 nitrogen and oxygen atoms in total. The molecule has 0 aliphatic carbocycles. The molecule has 0 N–H and O–H groups in total. The summed E-state index contributed by atoms with van der Waals surface area (Å²) in [7, 11) is -3.40. The third-order valence-corrected chi connectivity index (χ3v) is 6.45. The second-order valence-corrected chi connectivity index (χ2v) is 10.7. The van der Waals surface area contributed by atoms with Crippen LogP contribution in [0.25, 0.3) is 5.69 Å². The smallest absolute Gasteiger partial charge is 0.409 e. The molecule has 0 bridgehead atoms. The number of sulfone groups is 1. The minimum atomic E-state index is -3.40. The molecule has 32 heavy (non-hydrogen) atoms. The Morgan fingerprint density at radius 2 is 1.88 bits per heavy atom. The van der Waals surface area contributed by atoms with Gasteiger partial charge in [0, 0.05) is 44.5 Å². The highest BCUT2D eigenvalue weighted by molar-refractivity contribution is 7.90. The first-order chi connectivity index (χ1) is 15.0. The van der Waals surface area contributed by atoms with Gasteiger partial charge in [-0.25, -0.2) is 13.2 Å². The second kappa shape index (κ2) is 9.95. The average molecular weight is 483 g/mol. The molecule has 1 fully saturated rings. The molecule has 2 aromatic rings. The van der Waals surface area contributed by atoms with Crippen molar-refractivity contribution in [2.24, 2.45) is 5.92 Å². The largest absolute Gasteiger partial charge is 0.490 e. The Balaban J connectivity index is 1.63. The molecule has 2 heterocycles. The maximum Gasteiger partial charge on any atom is 0.409 e. The van der Waals surface area contributed by atoms with Crippen LogP contribution < -0.4 is 10.3 Å². The Kier molecular flexibility index (Phi) is 7.51. The van der Waals surface area contributed by atoms with Gasteiger partial charge in [0.2, 0.25) is 0 Å². The lowest BCUT2D eigenvalue weighted by molar-refractivity contribution is 0.0618. The normalized spacial score (nSPS) is 15.1. The van der Waals surface area contributed by atoms with E-state index in [0.29, 0.717) is 44.0 Å². The number of piperidine rings is 1. The van der Waals surface area contributed by atoms with Crippen molar-refractivity contribution < 1.29 is 22.7 Å². The van der Waals surface area contributed by atoms with E-state index in [2.05, 4.69) is 0 Å². The van der Waals surface area contributed by atoms with Crippen molar-refractivity contribution in [3.63, 3.8) is 0 Å². The van der Waals surface area contributed by atoms with E-state index in [1.54, 1.807) is 11.0 Å². The van der Waals surface area contributed by atoms with E-state index in [1.807, 2.05) is 13.8 Å². The van der Waals surface area contributed by atoms with Crippen LogP contribution in [0.5, 0.6) is 5.75 Å². The predicted molar refractivity (Wildman–Crippen MR) is 122 cm³/mol. The summed E-state index contributed by atoms with van der Waals surface area (Å²) < 4.78 is 35.9. The van der Waals surface area contributed by atoms with Crippen molar-refractivity contribution in [3.05, 3.63) is 51.9 Å².